The van der Waals surface area contributed by atoms with E-state index in [0.717, 1.165) is 28.8 Å². The smallest absolute Gasteiger partial charge is 0.115 e. The Hall–Kier alpha value is -4.09. The molecule has 2 atom stereocenters. The molecule has 2 unspecified atom stereocenters. The maximum absolute atomic E-state index is 10.1. The summed E-state index contributed by atoms with van der Waals surface area (Å²) in [5.41, 5.74) is 4.83. The minimum atomic E-state index is -0.574. The van der Waals surface area contributed by atoms with Gasteiger partial charge in [0.15, 0.2) is 0 Å². The van der Waals surface area contributed by atoms with E-state index in [-0.39, 0.29) is 17.3 Å². The molecular weight excluding hydrogens is 588 g/mol. The fourth-order valence-electron chi connectivity index (χ4n) is 5.46. The van der Waals surface area contributed by atoms with E-state index in [1.54, 1.807) is 25.3 Å². The van der Waals surface area contributed by atoms with Gasteiger partial charge in [-0.25, -0.2) is 0 Å². The zero-order valence-electron chi connectivity index (χ0n) is 28.3. The Balaban J connectivity index is 0.00000177. The second kappa shape index (κ2) is 18.8. The van der Waals surface area contributed by atoms with Crippen LogP contribution in [0.1, 0.15) is 64.3 Å². The van der Waals surface area contributed by atoms with E-state index in [1.165, 1.54) is 16.3 Å². The van der Waals surface area contributed by atoms with Gasteiger partial charge in [-0.1, -0.05) is 105 Å². The highest BCUT2D eigenvalue weighted by molar-refractivity contribution is 6.30. The molecule has 0 saturated carbocycles. The van der Waals surface area contributed by atoms with E-state index in [2.05, 4.69) is 86.3 Å². The Labute approximate surface area is 282 Å². The van der Waals surface area contributed by atoms with Crippen molar-refractivity contribution in [1.82, 2.24) is 5.32 Å². The monoisotopic (exact) mass is 638 g/mol. The lowest BCUT2D eigenvalue weighted by Gasteiger charge is -2.35. The first-order chi connectivity index (χ1) is 22.1. The summed E-state index contributed by atoms with van der Waals surface area (Å²) in [7, 11) is 0. The molecule has 0 aliphatic heterocycles. The van der Waals surface area contributed by atoms with Crippen molar-refractivity contribution in [1.29, 1.82) is 0 Å². The van der Waals surface area contributed by atoms with Gasteiger partial charge in [0, 0.05) is 22.8 Å². The van der Waals surface area contributed by atoms with Crippen LogP contribution in [-0.2, 0) is 6.42 Å². The highest BCUT2D eigenvalue weighted by Gasteiger charge is 2.28. The summed E-state index contributed by atoms with van der Waals surface area (Å²) in [6.45, 7) is 22.8. The van der Waals surface area contributed by atoms with Crippen LogP contribution in [0.5, 0.6) is 5.75 Å². The molecule has 4 nitrogen and oxygen atoms in total. The van der Waals surface area contributed by atoms with Crippen molar-refractivity contribution in [2.75, 3.05) is 11.4 Å². The standard InChI is InChI=1S/C37H41ClN2O2.C2H6.C2H4/c1-6-10-28(21-26(3)41)25-40(7-2)35-20-17-32(38)23-34(35)36(30-15-18-33(42)19-16-30)39-37(4,5)24-27-13-14-29-11-8-9-12-31(29)22-27;2*1-2/h6-23,26,36,39,41-42H,2,24-25H2,1,3-5H3;1-2H3;1-2H2/b10-6-,28-21+;;. The average Bonchev–Trinajstić information content (AvgIpc) is 3.04. The van der Waals surface area contributed by atoms with Gasteiger partial charge in [-0.05, 0) is 104 Å². The van der Waals surface area contributed by atoms with Gasteiger partial charge in [-0.3, -0.25) is 0 Å². The number of aromatic hydroxyl groups is 1. The number of allylic oxidation sites excluding steroid dienone is 1. The Morgan fingerprint density at radius 1 is 0.957 bits per heavy atom. The minimum absolute atomic E-state index is 0.214. The molecule has 4 aromatic carbocycles. The van der Waals surface area contributed by atoms with Crippen LogP contribution in [-0.4, -0.2) is 28.4 Å². The highest BCUT2D eigenvalue weighted by Crippen LogP contribution is 2.36. The zero-order chi connectivity index (χ0) is 34.3. The zero-order valence-corrected chi connectivity index (χ0v) is 29.1. The van der Waals surface area contributed by atoms with Crippen molar-refractivity contribution in [3.05, 3.63) is 156 Å². The number of nitrogens with one attached hydrogen (secondary N) is 1. The van der Waals surface area contributed by atoms with Crippen molar-refractivity contribution in [2.45, 2.75) is 65.6 Å². The summed E-state index contributed by atoms with van der Waals surface area (Å²) in [5, 5.41) is 27.1. The van der Waals surface area contributed by atoms with E-state index >= 15 is 0 Å². The topological polar surface area (TPSA) is 55.7 Å². The number of anilines is 1. The third-order valence-corrected chi connectivity index (χ3v) is 7.48. The summed E-state index contributed by atoms with van der Waals surface area (Å²) in [4.78, 5) is 2.07. The molecule has 0 bridgehead atoms. The number of aliphatic hydroxyl groups is 1. The van der Waals surface area contributed by atoms with Gasteiger partial charge < -0.3 is 20.4 Å². The second-order valence-electron chi connectivity index (χ2n) is 11.4. The van der Waals surface area contributed by atoms with Gasteiger partial charge in [-0.2, -0.15) is 0 Å². The Kier molecular flexibility index (Phi) is 15.5. The van der Waals surface area contributed by atoms with Crippen molar-refractivity contribution in [3.8, 4) is 5.75 Å². The first-order valence-corrected chi connectivity index (χ1v) is 16.2. The van der Waals surface area contributed by atoms with Crippen molar-refractivity contribution in [3.63, 3.8) is 0 Å². The van der Waals surface area contributed by atoms with E-state index < -0.39 is 6.10 Å². The number of hydrogen-bond donors (Lipinski definition) is 3. The molecule has 244 valence electrons. The number of hydrogen-bond acceptors (Lipinski definition) is 4. The molecule has 0 heterocycles. The van der Waals surface area contributed by atoms with Crippen molar-refractivity contribution < 1.29 is 10.2 Å². The Morgan fingerprint density at radius 2 is 1.61 bits per heavy atom. The summed E-state index contributed by atoms with van der Waals surface area (Å²) in [6.07, 6.45) is 7.84. The van der Waals surface area contributed by atoms with Crippen LogP contribution < -0.4 is 10.2 Å². The van der Waals surface area contributed by atoms with Crippen molar-refractivity contribution >= 4 is 28.1 Å². The fraction of sp³-hybridized carbons (Fsp3) is 0.268. The molecule has 0 saturated heterocycles. The maximum Gasteiger partial charge on any atom is 0.115 e. The largest absolute Gasteiger partial charge is 0.508 e. The predicted octanol–water partition coefficient (Wildman–Crippen LogP) is 10.6. The van der Waals surface area contributed by atoms with Crippen molar-refractivity contribution in [2.24, 2.45) is 0 Å². The van der Waals surface area contributed by atoms with Crippen LogP contribution in [0.2, 0.25) is 5.02 Å². The third kappa shape index (κ3) is 11.1. The third-order valence-electron chi connectivity index (χ3n) is 7.24. The molecule has 0 fully saturated rings. The number of fused-ring (bicyclic) bond motifs is 1. The SMILES string of the molecule is C=C.C=CN(CC(/C=C\C)=C/C(C)O)c1ccc(Cl)cc1C(NC(C)(C)Cc1ccc2ccccc2c1)c1ccc(O)cc1.CC. The first kappa shape index (κ1) is 38.1. The predicted molar refractivity (Wildman–Crippen MR) is 201 cm³/mol. The summed E-state index contributed by atoms with van der Waals surface area (Å²) >= 11 is 6.63. The van der Waals surface area contributed by atoms with Crippen LogP contribution in [0.3, 0.4) is 0 Å². The number of benzene rings is 4. The Morgan fingerprint density at radius 3 is 2.22 bits per heavy atom. The van der Waals surface area contributed by atoms with Gasteiger partial charge in [-0.15, -0.1) is 13.2 Å². The molecule has 4 aromatic rings. The summed E-state index contributed by atoms with van der Waals surface area (Å²) in [6, 6.07) is 28.0. The van der Waals surface area contributed by atoms with Gasteiger partial charge >= 0.3 is 0 Å². The normalized spacial score (nSPS) is 12.8. The van der Waals surface area contributed by atoms with Gasteiger partial charge in [0.2, 0.25) is 0 Å². The molecule has 0 aliphatic rings. The average molecular weight is 639 g/mol. The van der Waals surface area contributed by atoms with E-state index in [4.69, 9.17) is 11.6 Å². The number of rotatable bonds is 12. The molecule has 0 radical (unpaired) electrons. The lowest BCUT2D eigenvalue weighted by molar-refractivity contribution is 0.243. The fourth-order valence-corrected chi connectivity index (χ4v) is 5.64. The van der Waals surface area contributed by atoms with Crippen LogP contribution in [0.4, 0.5) is 5.69 Å². The number of aliphatic hydroxyl groups excluding tert-OH is 1. The number of halogens is 1. The van der Waals surface area contributed by atoms with Crippen LogP contribution >= 0.6 is 11.6 Å². The lowest BCUT2D eigenvalue weighted by atomic mass is 9.89. The molecule has 0 aliphatic carbocycles. The number of phenols is 1. The molecule has 0 aromatic heterocycles. The maximum atomic E-state index is 10.1. The van der Waals surface area contributed by atoms with Crippen LogP contribution in [0.15, 0.2) is 135 Å². The number of nitrogens with zero attached hydrogens (tertiary/aromatic N) is 1. The van der Waals surface area contributed by atoms with E-state index in [0.29, 0.717) is 11.6 Å². The van der Waals surface area contributed by atoms with Gasteiger partial charge in [0.25, 0.3) is 0 Å². The lowest BCUT2D eigenvalue weighted by Crippen LogP contribution is -2.44. The quantitative estimate of drug-likeness (QED) is 0.107. The minimum Gasteiger partial charge on any atom is -0.508 e. The second-order valence-corrected chi connectivity index (χ2v) is 11.8. The molecular formula is C41H51ClN2O2. The molecule has 3 N–H and O–H groups in total. The van der Waals surface area contributed by atoms with E-state index in [1.807, 2.05) is 69.3 Å². The highest BCUT2D eigenvalue weighted by atomic mass is 35.5. The summed E-state index contributed by atoms with van der Waals surface area (Å²) in [5.74, 6) is 0.214. The number of phenolic OH excluding ortho intramolecular Hbond substituents is 1. The molecule has 0 amide bonds. The molecule has 46 heavy (non-hydrogen) atoms. The summed E-state index contributed by atoms with van der Waals surface area (Å²) < 4.78 is 0. The van der Waals surface area contributed by atoms with Gasteiger partial charge in [0.1, 0.15) is 5.75 Å². The first-order valence-electron chi connectivity index (χ1n) is 15.8. The van der Waals surface area contributed by atoms with E-state index in [9.17, 15) is 10.2 Å². The molecule has 4 rings (SSSR count). The van der Waals surface area contributed by atoms with Crippen LogP contribution in [0, 0.1) is 0 Å². The van der Waals surface area contributed by atoms with Crippen LogP contribution in [0.25, 0.3) is 10.8 Å². The van der Waals surface area contributed by atoms with Gasteiger partial charge in [0.05, 0.1) is 12.1 Å². The Bertz CT molecular complexity index is 1590. The molecule has 5 heteroatoms. The molecule has 0 spiro atoms.